The molecule has 5 nitrogen and oxygen atoms in total. The monoisotopic (exact) mass is 816 g/mol. The van der Waals surface area contributed by atoms with E-state index in [-0.39, 0.29) is 57.2 Å². The molecule has 300 valence electrons. The number of pyridine rings is 1. The summed E-state index contributed by atoms with van der Waals surface area (Å²) in [6.45, 7) is 6.07. The van der Waals surface area contributed by atoms with Crippen LogP contribution < -0.4 is 14.5 Å². The summed E-state index contributed by atoms with van der Waals surface area (Å²) in [6, 6.07) is 25.7. The van der Waals surface area contributed by atoms with Crippen LogP contribution in [0.2, 0.25) is 0 Å². The van der Waals surface area contributed by atoms with E-state index in [1.807, 2.05) is 47.0 Å². The summed E-state index contributed by atoms with van der Waals surface area (Å²) < 4.78 is 140. The molecule has 8 heteroatoms. The number of halogens is 3. The van der Waals surface area contributed by atoms with Gasteiger partial charge in [-0.2, -0.15) is 13.2 Å². The molecule has 10 rings (SSSR count). The summed E-state index contributed by atoms with van der Waals surface area (Å²) in [7, 11) is 0. The molecule has 7 aromatic carbocycles. The van der Waals surface area contributed by atoms with Crippen LogP contribution in [0.25, 0.3) is 49.9 Å². The highest BCUT2D eigenvalue weighted by Crippen LogP contribution is 2.51. The van der Waals surface area contributed by atoms with E-state index in [9.17, 15) is 0 Å². The van der Waals surface area contributed by atoms with Crippen molar-refractivity contribution >= 4 is 44.6 Å². The molecule has 0 fully saturated rings. The van der Waals surface area contributed by atoms with E-state index in [0.717, 1.165) is 34.0 Å². The molecule has 0 atom stereocenters. The van der Waals surface area contributed by atoms with E-state index in [1.165, 1.54) is 24.3 Å². The van der Waals surface area contributed by atoms with E-state index in [0.29, 0.717) is 22.7 Å². The van der Waals surface area contributed by atoms with Crippen molar-refractivity contribution in [2.45, 2.75) is 32.4 Å². The normalized spacial score (nSPS) is 15.2. The van der Waals surface area contributed by atoms with Crippen molar-refractivity contribution in [1.29, 1.82) is 0 Å². The van der Waals surface area contributed by atoms with Crippen molar-refractivity contribution in [1.82, 2.24) is 9.55 Å². The van der Waals surface area contributed by atoms with Crippen molar-refractivity contribution in [3.63, 3.8) is 0 Å². The average Bonchev–Trinajstić information content (AvgIpc) is 3.89. The Kier molecular flexibility index (Phi) is 6.82. The molecule has 0 saturated heterocycles. The Balaban J connectivity index is 1.14. The van der Waals surface area contributed by atoms with Gasteiger partial charge in [0.2, 0.25) is 0 Å². The minimum atomic E-state index is -4.84. The fourth-order valence-electron chi connectivity index (χ4n) is 8.00. The van der Waals surface area contributed by atoms with Gasteiger partial charge in [0, 0.05) is 45.9 Å². The fourth-order valence-corrected chi connectivity index (χ4v) is 8.00. The molecule has 0 bridgehead atoms. The molecule has 0 N–H and O–H groups in total. The predicted molar refractivity (Wildman–Crippen MR) is 242 cm³/mol. The van der Waals surface area contributed by atoms with Gasteiger partial charge in [0.05, 0.1) is 47.4 Å². The van der Waals surface area contributed by atoms with Crippen molar-refractivity contribution < 1.29 is 31.6 Å². The Morgan fingerprint density at radius 1 is 0.590 bits per heavy atom. The van der Waals surface area contributed by atoms with Crippen LogP contribution in [0.15, 0.2) is 182 Å². The Morgan fingerprint density at radius 3 is 1.90 bits per heavy atom. The lowest BCUT2D eigenvalue weighted by atomic mass is 9.88. The third-order valence-corrected chi connectivity index (χ3v) is 10.8. The zero-order chi connectivity index (χ0) is 50.6. The number of aromatic nitrogens is 2. The molecule has 0 saturated carbocycles. The van der Waals surface area contributed by atoms with Crippen LogP contribution in [0, 0.1) is 0 Å². The quantitative estimate of drug-likeness (QED) is 0.160. The van der Waals surface area contributed by atoms with Crippen molar-refractivity contribution in [3.05, 3.63) is 193 Å². The van der Waals surface area contributed by atoms with E-state index >= 15 is 13.2 Å². The first-order valence-electron chi connectivity index (χ1n) is 24.5. The van der Waals surface area contributed by atoms with Gasteiger partial charge in [-0.15, -0.1) is 0 Å². The van der Waals surface area contributed by atoms with Crippen molar-refractivity contribution in [2.24, 2.45) is 0 Å². The molecule has 0 unspecified atom stereocenters. The summed E-state index contributed by atoms with van der Waals surface area (Å²) in [5.74, 6) is 0.764. The zero-order valence-electron chi connectivity index (χ0n) is 43.1. The number of hydrogen-bond acceptors (Lipinski definition) is 4. The fraction of sp³-hybridized carbons (Fsp3) is 0.113. The number of rotatable bonds is 7. The molecule has 1 aliphatic rings. The van der Waals surface area contributed by atoms with Gasteiger partial charge in [-0.05, 0) is 76.7 Å². The Bertz CT molecular complexity index is 3540. The highest BCUT2D eigenvalue weighted by molar-refractivity contribution is 6.09. The first-order valence-corrected chi connectivity index (χ1v) is 19.5. The van der Waals surface area contributed by atoms with Gasteiger partial charge >= 0.3 is 6.18 Å². The van der Waals surface area contributed by atoms with Gasteiger partial charge in [0.25, 0.3) is 0 Å². The Labute approximate surface area is 366 Å². The van der Waals surface area contributed by atoms with Crippen LogP contribution in [0.5, 0.6) is 11.5 Å². The van der Waals surface area contributed by atoms with Crippen LogP contribution in [0.1, 0.15) is 45.6 Å². The minimum absolute atomic E-state index is 0.0455. The maximum atomic E-state index is 15.1. The number of hydrogen-bond donors (Lipinski definition) is 0. The van der Waals surface area contributed by atoms with Crippen LogP contribution in [0.4, 0.5) is 35.9 Å². The second-order valence-corrected chi connectivity index (χ2v) is 15.7. The number of nitrogens with zero attached hydrogens (tertiary/aromatic N) is 4. The third-order valence-electron chi connectivity index (χ3n) is 10.8. The molecule has 0 aliphatic carbocycles. The number of anilines is 4. The van der Waals surface area contributed by atoms with Gasteiger partial charge in [0.15, 0.2) is 0 Å². The third kappa shape index (κ3) is 6.94. The molecule has 2 aromatic heterocycles. The first-order chi connectivity index (χ1) is 33.6. The number of ether oxygens (including phenoxy) is 1. The molecule has 1 aliphatic heterocycles. The van der Waals surface area contributed by atoms with Crippen LogP contribution in [-0.2, 0) is 11.6 Å². The van der Waals surface area contributed by atoms with Gasteiger partial charge in [-0.25, -0.2) is 4.98 Å². The summed E-state index contributed by atoms with van der Waals surface area (Å²) in [6.07, 6.45) is -3.08. The van der Waals surface area contributed by atoms with Gasteiger partial charge in [0.1, 0.15) is 24.0 Å². The molecule has 0 radical (unpaired) electrons. The lowest BCUT2D eigenvalue weighted by Crippen LogP contribution is -2.25. The molecule has 3 heterocycles. The van der Waals surface area contributed by atoms with E-state index in [2.05, 4.69) is 20.8 Å². The number of para-hydroxylation sites is 4. The van der Waals surface area contributed by atoms with Crippen molar-refractivity contribution in [2.75, 3.05) is 16.5 Å². The van der Waals surface area contributed by atoms with Gasteiger partial charge < -0.3 is 14.5 Å². The maximum Gasteiger partial charge on any atom is 0.416 e. The van der Waals surface area contributed by atoms with Gasteiger partial charge in [-0.3, -0.25) is 4.57 Å². The topological polar surface area (TPSA) is 33.5 Å². The standard InChI is InChI=1S/C53H41F3N4O/c1-52(2,3)37-27-28-57-50(31-37)60-46-22-11-10-19-44(46)45-26-25-40(33-49(45)60)61-41-30-38(53(54,55)56)29-39(32-41)58-34-59(48-24-13-12-23-47(48)58)51-42(35-15-6-4-7-16-35)20-14-21-43(51)36-17-8-5-9-18-36/h4-33H,34H2,1-3H3/i4D,5D,6D,7D,8D,9D,15D,16D,17D,18D. The van der Waals surface area contributed by atoms with Gasteiger partial charge in [-0.1, -0.05) is 130 Å². The average molecular weight is 817 g/mol. The van der Waals surface area contributed by atoms with Crippen LogP contribution in [0.3, 0.4) is 0 Å². The van der Waals surface area contributed by atoms with Crippen LogP contribution >= 0.6 is 0 Å². The minimum Gasteiger partial charge on any atom is -0.457 e. The van der Waals surface area contributed by atoms with E-state index in [1.54, 1.807) is 52.4 Å². The zero-order valence-corrected chi connectivity index (χ0v) is 33.1. The molecular formula is C53H41F3N4O. The largest absolute Gasteiger partial charge is 0.457 e. The summed E-state index contributed by atoms with van der Waals surface area (Å²) >= 11 is 0. The number of benzene rings is 7. The second-order valence-electron chi connectivity index (χ2n) is 15.7. The summed E-state index contributed by atoms with van der Waals surface area (Å²) in [5, 5.41) is 1.82. The van der Waals surface area contributed by atoms with Crippen molar-refractivity contribution in [3.8, 4) is 39.6 Å². The maximum absolute atomic E-state index is 15.1. The lowest BCUT2D eigenvalue weighted by Gasteiger charge is -2.27. The number of alkyl halides is 3. The highest BCUT2D eigenvalue weighted by Gasteiger charge is 2.35. The Hall–Kier alpha value is -7.32. The highest BCUT2D eigenvalue weighted by atomic mass is 19.4. The summed E-state index contributed by atoms with van der Waals surface area (Å²) in [5.41, 5.74) is 1.99. The second kappa shape index (κ2) is 14.7. The lowest BCUT2D eigenvalue weighted by molar-refractivity contribution is -0.137. The van der Waals surface area contributed by atoms with E-state index < -0.39 is 72.2 Å². The number of fused-ring (bicyclic) bond motifs is 4. The van der Waals surface area contributed by atoms with E-state index in [4.69, 9.17) is 23.4 Å². The Morgan fingerprint density at radius 2 is 1.23 bits per heavy atom. The predicted octanol–water partition coefficient (Wildman–Crippen LogP) is 14.9. The SMILES string of the molecule is [2H]c1c([2H])c([2H])c(-c2cccc(-c3c([2H])c([2H])c([2H])c([2H])c3[2H])c2N2CN(c3cc(Oc4ccc5c6ccccc6n(-c6cc(C(C)(C)C)ccn6)c5c4)cc(C(F)(F)F)c3)c3ccccc32)c([2H])c1[2H]. The first kappa shape index (κ1) is 28.2. The molecule has 61 heavy (non-hydrogen) atoms. The van der Waals surface area contributed by atoms with Crippen LogP contribution in [-0.4, -0.2) is 16.2 Å². The molecule has 0 spiro atoms. The molecule has 0 amide bonds. The molecule has 9 aromatic rings. The molecular weight excluding hydrogens is 766 g/mol. The smallest absolute Gasteiger partial charge is 0.416 e. The summed E-state index contributed by atoms with van der Waals surface area (Å²) in [4.78, 5) is 7.97.